The molecule has 4 heterocycles. The summed E-state index contributed by atoms with van der Waals surface area (Å²) < 4.78 is 12.0. The van der Waals surface area contributed by atoms with E-state index in [0.29, 0.717) is 5.56 Å². The molecular formula is C51H33N5O. The molecule has 1 atom stereocenters. The fourth-order valence-electron chi connectivity index (χ4n) is 9.75. The third kappa shape index (κ3) is 4.18. The second kappa shape index (κ2) is 11.7. The van der Waals surface area contributed by atoms with Crippen molar-refractivity contribution in [3.8, 4) is 22.9 Å². The zero-order chi connectivity index (χ0) is 37.8. The number of amidine groups is 2. The van der Waals surface area contributed by atoms with Gasteiger partial charge in [-0.3, -0.25) is 5.41 Å². The SMILES string of the molecule is N=C(N=C(N)c1cccc(-n2c3ccccc3c3ccc4c(c32)Oc2ccccc2C42c3ccccc3-n3c4ccccc4c4cccc2c43)c1)c1ccccc1. The Hall–Kier alpha value is -7.70. The monoisotopic (exact) mass is 731 g/mol. The summed E-state index contributed by atoms with van der Waals surface area (Å²) in [4.78, 5) is 4.53. The van der Waals surface area contributed by atoms with Crippen LogP contribution >= 0.6 is 0 Å². The molecule has 0 bridgehead atoms. The molecule has 1 unspecified atom stereocenters. The summed E-state index contributed by atoms with van der Waals surface area (Å²) in [6, 6.07) is 63.6. The van der Waals surface area contributed by atoms with E-state index in [9.17, 15) is 0 Å². The topological polar surface area (TPSA) is 81.3 Å². The van der Waals surface area contributed by atoms with Crippen molar-refractivity contribution in [1.82, 2.24) is 9.13 Å². The zero-order valence-corrected chi connectivity index (χ0v) is 30.6. The molecule has 3 N–H and O–H groups in total. The summed E-state index contributed by atoms with van der Waals surface area (Å²) in [6.07, 6.45) is 0. The summed E-state index contributed by atoms with van der Waals surface area (Å²) >= 11 is 0. The van der Waals surface area contributed by atoms with Gasteiger partial charge in [0.1, 0.15) is 11.6 Å². The van der Waals surface area contributed by atoms with Gasteiger partial charge in [0.25, 0.3) is 0 Å². The number of benzene rings is 8. The first kappa shape index (κ1) is 31.6. The molecule has 1 spiro atoms. The van der Waals surface area contributed by atoms with E-state index in [2.05, 4.69) is 154 Å². The fraction of sp³-hybridized carbons (Fsp3) is 0.0196. The van der Waals surface area contributed by atoms with Crippen LogP contribution in [0.15, 0.2) is 187 Å². The highest BCUT2D eigenvalue weighted by molar-refractivity contribution is 6.15. The Labute approximate surface area is 327 Å². The summed E-state index contributed by atoms with van der Waals surface area (Å²) in [7, 11) is 0. The molecule has 2 aliphatic heterocycles. The average molecular weight is 732 g/mol. The first-order valence-electron chi connectivity index (χ1n) is 19.2. The molecule has 8 aromatic carbocycles. The largest absolute Gasteiger partial charge is 0.454 e. The number of nitrogens with zero attached hydrogens (tertiary/aromatic N) is 3. The number of hydrogen-bond acceptors (Lipinski definition) is 2. The lowest BCUT2D eigenvalue weighted by atomic mass is 9.61. The van der Waals surface area contributed by atoms with E-state index in [1.165, 1.54) is 32.9 Å². The van der Waals surface area contributed by atoms with Crippen LogP contribution in [-0.2, 0) is 5.41 Å². The zero-order valence-electron chi connectivity index (χ0n) is 30.6. The summed E-state index contributed by atoms with van der Waals surface area (Å²) in [5.74, 6) is 2.04. The standard InChI is InChI=1S/C51H33N5O/c52-49(31-14-2-1-3-15-31)54-50(53)32-16-12-17-33(30-32)55-42-24-8-4-19-35(42)37-28-29-41-48(47(37)55)57-45-27-11-7-22-39(45)51(41)38-21-6-10-26-44(38)56-43-25-9-5-18-34(43)36-20-13-23-40(51)46(36)56/h1-30H,(H3,52,53,54). The molecule has 0 saturated heterocycles. The van der Waals surface area contributed by atoms with E-state index in [1.54, 1.807) is 0 Å². The lowest BCUT2D eigenvalue weighted by Gasteiger charge is -2.45. The van der Waals surface area contributed by atoms with Crippen molar-refractivity contribution in [1.29, 1.82) is 5.41 Å². The van der Waals surface area contributed by atoms with Crippen LogP contribution in [0.1, 0.15) is 33.4 Å². The Morgan fingerprint density at radius 2 is 1.12 bits per heavy atom. The van der Waals surface area contributed by atoms with Crippen LogP contribution in [0.2, 0.25) is 0 Å². The fourth-order valence-corrected chi connectivity index (χ4v) is 9.75. The Morgan fingerprint density at radius 3 is 1.95 bits per heavy atom. The Balaban J connectivity index is 1.18. The number of nitrogens with one attached hydrogen (secondary N) is 1. The van der Waals surface area contributed by atoms with Crippen molar-refractivity contribution in [2.75, 3.05) is 0 Å². The maximum absolute atomic E-state index is 8.66. The van der Waals surface area contributed by atoms with Crippen LogP contribution in [-0.4, -0.2) is 20.8 Å². The molecule has 0 aliphatic carbocycles. The van der Waals surface area contributed by atoms with E-state index >= 15 is 0 Å². The third-order valence-corrected chi connectivity index (χ3v) is 12.0. The Bertz CT molecular complexity index is 3370. The van der Waals surface area contributed by atoms with Crippen LogP contribution in [0.25, 0.3) is 55.0 Å². The first-order chi connectivity index (χ1) is 28.1. The van der Waals surface area contributed by atoms with Gasteiger partial charge >= 0.3 is 0 Å². The summed E-state index contributed by atoms with van der Waals surface area (Å²) in [5, 5.41) is 13.3. The smallest absolute Gasteiger partial charge is 0.156 e. The number of aliphatic imine (C=N–C) groups is 1. The highest BCUT2D eigenvalue weighted by Gasteiger charge is 2.51. The minimum Gasteiger partial charge on any atom is -0.454 e. The number of fused-ring (bicyclic) bond motifs is 15. The second-order valence-corrected chi connectivity index (χ2v) is 14.9. The van der Waals surface area contributed by atoms with Gasteiger partial charge in [0.15, 0.2) is 11.6 Å². The Morgan fingerprint density at radius 1 is 0.509 bits per heavy atom. The van der Waals surface area contributed by atoms with E-state index < -0.39 is 5.41 Å². The predicted molar refractivity (Wildman–Crippen MR) is 231 cm³/mol. The van der Waals surface area contributed by atoms with Gasteiger partial charge in [-0.2, -0.15) is 0 Å². The molecule has 6 heteroatoms. The van der Waals surface area contributed by atoms with Crippen molar-refractivity contribution < 1.29 is 4.74 Å². The van der Waals surface area contributed by atoms with Crippen molar-refractivity contribution in [3.05, 3.63) is 215 Å². The molecule has 2 aromatic heterocycles. The van der Waals surface area contributed by atoms with Crippen LogP contribution in [0, 0.1) is 5.41 Å². The number of hydrogen-bond donors (Lipinski definition) is 2. The normalized spacial score (nSPS) is 15.5. The van der Waals surface area contributed by atoms with Gasteiger partial charge < -0.3 is 19.6 Å². The lowest BCUT2D eigenvalue weighted by molar-refractivity contribution is 0.438. The minimum atomic E-state index is -0.698. The van der Waals surface area contributed by atoms with Crippen molar-refractivity contribution in [3.63, 3.8) is 0 Å². The van der Waals surface area contributed by atoms with Gasteiger partial charge in [-0.05, 0) is 47.5 Å². The summed E-state index contributed by atoms with van der Waals surface area (Å²) in [6.45, 7) is 0. The molecule has 6 nitrogen and oxygen atoms in total. The van der Waals surface area contributed by atoms with Crippen LogP contribution in [0.5, 0.6) is 11.5 Å². The van der Waals surface area contributed by atoms with Gasteiger partial charge in [-0.25, -0.2) is 4.99 Å². The molecular weight excluding hydrogens is 699 g/mol. The number of nitrogens with two attached hydrogens (primary N) is 1. The average Bonchev–Trinajstić information content (AvgIpc) is 3.80. The van der Waals surface area contributed by atoms with E-state index in [-0.39, 0.29) is 11.7 Å². The number of ether oxygens (including phenoxy) is 1. The number of para-hydroxylation sites is 5. The molecule has 0 amide bonds. The molecule has 10 aromatic rings. The lowest BCUT2D eigenvalue weighted by Crippen LogP contribution is -2.37. The van der Waals surface area contributed by atoms with E-state index in [1.807, 2.05) is 42.5 Å². The van der Waals surface area contributed by atoms with Gasteiger partial charge in [-0.15, -0.1) is 0 Å². The molecule has 12 rings (SSSR count). The number of rotatable bonds is 3. The van der Waals surface area contributed by atoms with Crippen LogP contribution in [0.4, 0.5) is 0 Å². The highest BCUT2D eigenvalue weighted by Crippen LogP contribution is 2.61. The minimum absolute atomic E-state index is 0.114. The maximum atomic E-state index is 8.66. The molecule has 57 heavy (non-hydrogen) atoms. The maximum Gasteiger partial charge on any atom is 0.156 e. The molecule has 2 aliphatic rings. The second-order valence-electron chi connectivity index (χ2n) is 14.9. The van der Waals surface area contributed by atoms with E-state index in [4.69, 9.17) is 15.9 Å². The predicted octanol–water partition coefficient (Wildman–Crippen LogP) is 11.4. The van der Waals surface area contributed by atoms with Crippen LogP contribution < -0.4 is 10.5 Å². The number of aromatic nitrogens is 2. The molecule has 0 saturated carbocycles. The first-order valence-corrected chi connectivity index (χ1v) is 19.2. The van der Waals surface area contributed by atoms with Crippen molar-refractivity contribution >= 4 is 55.3 Å². The van der Waals surface area contributed by atoms with Gasteiger partial charge in [0.05, 0.1) is 33.2 Å². The van der Waals surface area contributed by atoms with Crippen LogP contribution in [0.3, 0.4) is 0 Å². The summed E-state index contributed by atoms with van der Waals surface area (Å²) in [5.41, 5.74) is 18.5. The van der Waals surface area contributed by atoms with Gasteiger partial charge in [-0.1, -0.05) is 146 Å². The van der Waals surface area contributed by atoms with E-state index in [0.717, 1.165) is 61.4 Å². The third-order valence-electron chi connectivity index (χ3n) is 12.0. The molecule has 268 valence electrons. The van der Waals surface area contributed by atoms with Crippen molar-refractivity contribution in [2.45, 2.75) is 5.41 Å². The van der Waals surface area contributed by atoms with Gasteiger partial charge in [0.2, 0.25) is 0 Å². The molecule has 0 fully saturated rings. The quantitative estimate of drug-likeness (QED) is 0.140. The van der Waals surface area contributed by atoms with Gasteiger partial charge in [0, 0.05) is 49.5 Å². The highest BCUT2D eigenvalue weighted by atomic mass is 16.5. The van der Waals surface area contributed by atoms with Crippen molar-refractivity contribution in [2.24, 2.45) is 10.7 Å². The Kier molecular flexibility index (Phi) is 6.47. The molecule has 0 radical (unpaired) electrons.